The van der Waals surface area contributed by atoms with Crippen molar-refractivity contribution in [1.29, 1.82) is 0 Å². The molecule has 0 aliphatic rings. The Morgan fingerprint density at radius 3 is 3.07 bits per heavy atom. The van der Waals surface area contributed by atoms with Crippen molar-refractivity contribution in [2.75, 3.05) is 6.61 Å². The predicted molar refractivity (Wildman–Crippen MR) is 60.5 cm³/mol. The lowest BCUT2D eigenvalue weighted by Crippen LogP contribution is -2.26. The van der Waals surface area contributed by atoms with Gasteiger partial charge >= 0.3 is 0 Å². The molecule has 86 valence electrons. The zero-order valence-electron chi connectivity index (χ0n) is 9.61. The van der Waals surface area contributed by atoms with E-state index >= 15 is 0 Å². The Balaban J connectivity index is 2.30. The van der Waals surface area contributed by atoms with Crippen LogP contribution in [0.2, 0.25) is 0 Å². The van der Waals surface area contributed by atoms with Gasteiger partial charge in [-0.3, -0.25) is 4.68 Å². The van der Waals surface area contributed by atoms with E-state index in [0.717, 1.165) is 25.9 Å². The lowest BCUT2D eigenvalue weighted by Gasteiger charge is -2.13. The normalized spacial score (nSPS) is 13.0. The standard InChI is InChI=1S/C11H21N3O/c1-3-14-11(6-7-13-14)9-12-10(2)5-4-8-15/h6-7,10,12,15H,3-5,8-9H2,1-2H3/t10-/m1/s1. The van der Waals surface area contributed by atoms with Crippen molar-refractivity contribution in [3.63, 3.8) is 0 Å². The van der Waals surface area contributed by atoms with Crippen LogP contribution in [0.1, 0.15) is 32.4 Å². The molecule has 4 nitrogen and oxygen atoms in total. The Morgan fingerprint density at radius 2 is 2.40 bits per heavy atom. The van der Waals surface area contributed by atoms with Gasteiger partial charge in [0, 0.05) is 31.9 Å². The lowest BCUT2D eigenvalue weighted by atomic mass is 10.2. The van der Waals surface area contributed by atoms with Crippen LogP contribution in [-0.4, -0.2) is 27.5 Å². The zero-order chi connectivity index (χ0) is 11.1. The summed E-state index contributed by atoms with van der Waals surface area (Å²) in [7, 11) is 0. The van der Waals surface area contributed by atoms with Crippen molar-refractivity contribution >= 4 is 0 Å². The van der Waals surface area contributed by atoms with Gasteiger partial charge in [-0.2, -0.15) is 5.10 Å². The van der Waals surface area contributed by atoms with Crippen LogP contribution < -0.4 is 5.32 Å². The van der Waals surface area contributed by atoms with Crippen LogP contribution in [0.25, 0.3) is 0 Å². The van der Waals surface area contributed by atoms with Crippen LogP contribution in [0.4, 0.5) is 0 Å². The third-order valence-corrected chi connectivity index (χ3v) is 2.53. The first-order valence-corrected chi connectivity index (χ1v) is 5.62. The molecule has 0 saturated carbocycles. The smallest absolute Gasteiger partial charge is 0.0522 e. The molecule has 0 unspecified atom stereocenters. The van der Waals surface area contributed by atoms with E-state index in [1.807, 2.05) is 16.9 Å². The number of hydrogen-bond donors (Lipinski definition) is 2. The molecule has 0 aliphatic heterocycles. The fraction of sp³-hybridized carbons (Fsp3) is 0.727. The van der Waals surface area contributed by atoms with E-state index in [9.17, 15) is 0 Å². The molecule has 0 fully saturated rings. The molecule has 4 heteroatoms. The number of hydrogen-bond acceptors (Lipinski definition) is 3. The molecule has 1 rings (SSSR count). The second-order valence-electron chi connectivity index (χ2n) is 3.79. The average Bonchev–Trinajstić information content (AvgIpc) is 2.70. The van der Waals surface area contributed by atoms with Crippen molar-refractivity contribution in [3.8, 4) is 0 Å². The third kappa shape index (κ3) is 4.01. The van der Waals surface area contributed by atoms with Gasteiger partial charge in [0.15, 0.2) is 0 Å². The number of nitrogens with one attached hydrogen (secondary N) is 1. The Morgan fingerprint density at radius 1 is 1.60 bits per heavy atom. The van der Waals surface area contributed by atoms with Gasteiger partial charge in [0.05, 0.1) is 5.69 Å². The summed E-state index contributed by atoms with van der Waals surface area (Å²) in [4.78, 5) is 0. The SMILES string of the molecule is CCn1nccc1CN[C@H](C)CCCO. The summed E-state index contributed by atoms with van der Waals surface area (Å²) in [5.41, 5.74) is 1.22. The molecule has 0 radical (unpaired) electrons. The fourth-order valence-electron chi connectivity index (χ4n) is 1.57. The summed E-state index contributed by atoms with van der Waals surface area (Å²) in [6.45, 7) is 6.27. The maximum absolute atomic E-state index is 8.71. The maximum Gasteiger partial charge on any atom is 0.0522 e. The number of aromatic nitrogens is 2. The summed E-state index contributed by atoms with van der Waals surface area (Å²) in [5, 5.41) is 16.3. The molecular formula is C11H21N3O. The first-order chi connectivity index (χ1) is 7.27. The highest BCUT2D eigenvalue weighted by Crippen LogP contribution is 2.01. The molecule has 1 aromatic rings. The summed E-state index contributed by atoms with van der Waals surface area (Å²) in [6, 6.07) is 2.48. The Bertz CT molecular complexity index is 273. The van der Waals surface area contributed by atoms with E-state index in [2.05, 4.69) is 24.3 Å². The van der Waals surface area contributed by atoms with E-state index in [1.54, 1.807) is 0 Å². The molecular weight excluding hydrogens is 190 g/mol. The summed E-state index contributed by atoms with van der Waals surface area (Å²) in [6.07, 6.45) is 3.71. The summed E-state index contributed by atoms with van der Waals surface area (Å²) >= 11 is 0. The van der Waals surface area contributed by atoms with Gasteiger partial charge in [-0.15, -0.1) is 0 Å². The highest BCUT2D eigenvalue weighted by molar-refractivity contribution is 5.00. The average molecular weight is 211 g/mol. The van der Waals surface area contributed by atoms with Crippen molar-refractivity contribution < 1.29 is 5.11 Å². The van der Waals surface area contributed by atoms with Gasteiger partial charge in [0.1, 0.15) is 0 Å². The topological polar surface area (TPSA) is 50.1 Å². The van der Waals surface area contributed by atoms with Crippen LogP contribution in [0, 0.1) is 0 Å². The molecule has 0 aromatic carbocycles. The van der Waals surface area contributed by atoms with Gasteiger partial charge in [-0.25, -0.2) is 0 Å². The molecule has 1 aromatic heterocycles. The highest BCUT2D eigenvalue weighted by Gasteiger charge is 2.03. The lowest BCUT2D eigenvalue weighted by molar-refractivity contribution is 0.276. The first-order valence-electron chi connectivity index (χ1n) is 5.62. The molecule has 0 aliphatic carbocycles. The predicted octanol–water partition coefficient (Wildman–Crippen LogP) is 1.15. The first kappa shape index (κ1) is 12.2. The molecule has 0 bridgehead atoms. The van der Waals surface area contributed by atoms with E-state index in [1.165, 1.54) is 5.69 Å². The second-order valence-corrected chi connectivity index (χ2v) is 3.79. The van der Waals surface area contributed by atoms with Crippen molar-refractivity contribution in [3.05, 3.63) is 18.0 Å². The third-order valence-electron chi connectivity index (χ3n) is 2.53. The van der Waals surface area contributed by atoms with Crippen molar-refractivity contribution in [2.45, 2.75) is 45.8 Å². The van der Waals surface area contributed by atoms with E-state index in [0.29, 0.717) is 6.04 Å². The highest BCUT2D eigenvalue weighted by atomic mass is 16.2. The monoisotopic (exact) mass is 211 g/mol. The van der Waals surface area contributed by atoms with Gasteiger partial charge in [0.25, 0.3) is 0 Å². The largest absolute Gasteiger partial charge is 0.396 e. The Labute approximate surface area is 91.3 Å². The van der Waals surface area contributed by atoms with E-state index < -0.39 is 0 Å². The Kier molecular flexibility index (Phi) is 5.36. The molecule has 1 heterocycles. The number of aryl methyl sites for hydroxylation is 1. The van der Waals surface area contributed by atoms with E-state index in [-0.39, 0.29) is 6.61 Å². The molecule has 2 N–H and O–H groups in total. The summed E-state index contributed by atoms with van der Waals surface area (Å²) < 4.78 is 1.99. The van der Waals surface area contributed by atoms with Gasteiger partial charge in [-0.05, 0) is 32.8 Å². The zero-order valence-corrected chi connectivity index (χ0v) is 9.61. The number of nitrogens with zero attached hydrogens (tertiary/aromatic N) is 2. The molecule has 15 heavy (non-hydrogen) atoms. The van der Waals surface area contributed by atoms with Gasteiger partial charge in [-0.1, -0.05) is 0 Å². The molecule has 0 saturated heterocycles. The minimum absolute atomic E-state index is 0.277. The van der Waals surface area contributed by atoms with Crippen LogP contribution in [0.5, 0.6) is 0 Å². The van der Waals surface area contributed by atoms with E-state index in [4.69, 9.17) is 5.11 Å². The van der Waals surface area contributed by atoms with Crippen LogP contribution in [0.3, 0.4) is 0 Å². The molecule has 0 spiro atoms. The van der Waals surface area contributed by atoms with Crippen LogP contribution in [-0.2, 0) is 13.1 Å². The number of aliphatic hydroxyl groups excluding tert-OH is 1. The van der Waals surface area contributed by atoms with Crippen LogP contribution in [0.15, 0.2) is 12.3 Å². The Hall–Kier alpha value is -0.870. The second kappa shape index (κ2) is 6.58. The number of aliphatic hydroxyl groups is 1. The van der Waals surface area contributed by atoms with Crippen molar-refractivity contribution in [1.82, 2.24) is 15.1 Å². The molecule has 1 atom stereocenters. The maximum atomic E-state index is 8.71. The minimum Gasteiger partial charge on any atom is -0.396 e. The fourth-order valence-corrected chi connectivity index (χ4v) is 1.57. The summed E-state index contributed by atoms with van der Waals surface area (Å²) in [5.74, 6) is 0. The quantitative estimate of drug-likeness (QED) is 0.711. The van der Waals surface area contributed by atoms with Gasteiger partial charge in [0.2, 0.25) is 0 Å². The van der Waals surface area contributed by atoms with Crippen molar-refractivity contribution in [2.24, 2.45) is 0 Å². The van der Waals surface area contributed by atoms with Crippen LogP contribution >= 0.6 is 0 Å². The minimum atomic E-state index is 0.277. The molecule has 0 amide bonds. The van der Waals surface area contributed by atoms with Gasteiger partial charge < -0.3 is 10.4 Å². The number of rotatable bonds is 7.